The van der Waals surface area contributed by atoms with Crippen LogP contribution in [0.25, 0.3) is 11.1 Å². The molecule has 0 bridgehead atoms. The number of aryl methyl sites for hydroxylation is 1. The highest BCUT2D eigenvalue weighted by Gasteiger charge is 2.53. The second-order valence-corrected chi connectivity index (χ2v) is 9.14. The van der Waals surface area contributed by atoms with Crippen LogP contribution in [0.15, 0.2) is 30.3 Å². The Kier molecular flexibility index (Phi) is 5.67. The fourth-order valence-corrected chi connectivity index (χ4v) is 4.58. The van der Waals surface area contributed by atoms with Crippen molar-refractivity contribution in [2.45, 2.75) is 58.2 Å². The Morgan fingerprint density at radius 3 is 2.10 bits per heavy atom. The second kappa shape index (κ2) is 7.50. The normalized spacial score (nSPS) is 18.9. The Labute approximate surface area is 180 Å². The molecular formula is C23H23Cl2FO3. The van der Waals surface area contributed by atoms with Gasteiger partial charge in [0.2, 0.25) is 0 Å². The monoisotopic (exact) mass is 436 g/mol. The first-order chi connectivity index (χ1) is 13.4. The molecule has 1 aliphatic heterocycles. The average Bonchev–Trinajstić information content (AvgIpc) is 2.59. The zero-order valence-electron chi connectivity index (χ0n) is 17.0. The maximum absolute atomic E-state index is 14.5. The zero-order chi connectivity index (χ0) is 21.7. The van der Waals surface area contributed by atoms with Gasteiger partial charge in [-0.1, -0.05) is 48.3 Å². The van der Waals surface area contributed by atoms with Gasteiger partial charge in [0.15, 0.2) is 11.6 Å². The molecule has 0 amide bonds. The van der Waals surface area contributed by atoms with E-state index >= 15 is 0 Å². The summed E-state index contributed by atoms with van der Waals surface area (Å²) >= 11 is 12.1. The molecule has 154 valence electrons. The van der Waals surface area contributed by atoms with E-state index in [1.165, 1.54) is 12.1 Å². The van der Waals surface area contributed by atoms with E-state index in [-0.39, 0.29) is 27.2 Å². The van der Waals surface area contributed by atoms with Crippen LogP contribution in [0.4, 0.5) is 4.39 Å². The van der Waals surface area contributed by atoms with Crippen LogP contribution in [0.1, 0.15) is 51.7 Å². The largest absolute Gasteiger partial charge is 0.354 e. The third kappa shape index (κ3) is 3.86. The van der Waals surface area contributed by atoms with Crippen LogP contribution >= 0.6 is 23.2 Å². The van der Waals surface area contributed by atoms with Gasteiger partial charge in [-0.3, -0.25) is 9.59 Å². The van der Waals surface area contributed by atoms with Gasteiger partial charge in [-0.2, -0.15) is 0 Å². The molecule has 0 atom stereocenters. The first-order valence-corrected chi connectivity index (χ1v) is 10.2. The molecule has 0 unspecified atom stereocenters. The number of benzene rings is 2. The molecule has 0 N–H and O–H groups in total. The van der Waals surface area contributed by atoms with Crippen molar-refractivity contribution in [1.82, 2.24) is 0 Å². The Bertz CT molecular complexity index is 962. The van der Waals surface area contributed by atoms with Crippen molar-refractivity contribution in [3.05, 3.63) is 57.3 Å². The van der Waals surface area contributed by atoms with Gasteiger partial charge in [0.1, 0.15) is 22.9 Å². The van der Waals surface area contributed by atoms with Crippen LogP contribution in [-0.4, -0.2) is 22.8 Å². The Morgan fingerprint density at radius 1 is 1.00 bits per heavy atom. The number of halogens is 3. The van der Waals surface area contributed by atoms with Crippen LogP contribution in [-0.2, 0) is 20.7 Å². The van der Waals surface area contributed by atoms with E-state index in [4.69, 9.17) is 27.9 Å². The molecule has 1 fully saturated rings. The minimum Gasteiger partial charge on any atom is -0.354 e. The Morgan fingerprint density at radius 2 is 1.59 bits per heavy atom. The predicted molar refractivity (Wildman–Crippen MR) is 113 cm³/mol. The highest BCUT2D eigenvalue weighted by Crippen LogP contribution is 2.41. The lowest BCUT2D eigenvalue weighted by Crippen LogP contribution is -2.58. The molecule has 3 nitrogen and oxygen atoms in total. The highest BCUT2D eigenvalue weighted by molar-refractivity contribution is 6.36. The molecule has 1 aliphatic rings. The average molecular weight is 437 g/mol. The topological polar surface area (TPSA) is 43.4 Å². The maximum Gasteiger partial charge on any atom is 0.179 e. The Hall–Kier alpha value is -1.75. The van der Waals surface area contributed by atoms with Gasteiger partial charge in [0.05, 0.1) is 5.02 Å². The van der Waals surface area contributed by atoms with Crippen molar-refractivity contribution in [1.29, 1.82) is 0 Å². The molecule has 29 heavy (non-hydrogen) atoms. The van der Waals surface area contributed by atoms with Crippen LogP contribution in [0.3, 0.4) is 0 Å². The number of hydrogen-bond donors (Lipinski definition) is 0. The summed E-state index contributed by atoms with van der Waals surface area (Å²) in [5.41, 5.74) is 0.0431. The molecule has 2 aromatic rings. The number of carbonyl (C=O) groups excluding carboxylic acids is 2. The van der Waals surface area contributed by atoms with Gasteiger partial charge in [-0.25, -0.2) is 4.39 Å². The lowest BCUT2D eigenvalue weighted by molar-refractivity contribution is -0.184. The number of carbonyl (C=O) groups is 2. The molecule has 3 rings (SSSR count). The van der Waals surface area contributed by atoms with E-state index in [2.05, 4.69) is 0 Å². The number of ketones is 2. The van der Waals surface area contributed by atoms with Crippen molar-refractivity contribution < 1.29 is 18.7 Å². The lowest BCUT2D eigenvalue weighted by atomic mass is 9.73. The number of hydrogen-bond acceptors (Lipinski definition) is 3. The van der Waals surface area contributed by atoms with Gasteiger partial charge in [-0.15, -0.1) is 0 Å². The third-order valence-electron chi connectivity index (χ3n) is 5.35. The quantitative estimate of drug-likeness (QED) is 0.540. The number of Topliss-reactive ketones (excluding diaryl/α,β-unsaturated/α-hetero) is 2. The van der Waals surface area contributed by atoms with Crippen molar-refractivity contribution >= 4 is 34.8 Å². The van der Waals surface area contributed by atoms with Crippen molar-refractivity contribution in [2.24, 2.45) is 0 Å². The first kappa shape index (κ1) is 21.9. The molecule has 0 spiro atoms. The standard InChI is InChI=1S/C23H23Cl2FO3/c1-6-12-9-13(18-16(25)10-14(24)11-17(18)26)7-8-15(12)19-20(27)22(2,3)29-23(4,5)21(19)28/h7-11,19H,6H2,1-5H3. The summed E-state index contributed by atoms with van der Waals surface area (Å²) in [6, 6.07) is 7.87. The van der Waals surface area contributed by atoms with E-state index in [1.807, 2.05) is 6.92 Å². The van der Waals surface area contributed by atoms with Gasteiger partial charge >= 0.3 is 0 Å². The number of ether oxygens (including phenoxy) is 1. The molecule has 6 heteroatoms. The predicted octanol–water partition coefficient (Wildman–Crippen LogP) is 6.17. The van der Waals surface area contributed by atoms with E-state index < -0.39 is 22.9 Å². The SMILES string of the molecule is CCc1cc(-c2c(F)cc(Cl)cc2Cl)ccc1C1C(=O)C(C)(C)OC(C)(C)C1=O. The van der Waals surface area contributed by atoms with Crippen molar-refractivity contribution in [2.75, 3.05) is 0 Å². The third-order valence-corrected chi connectivity index (χ3v) is 5.87. The molecule has 2 aromatic carbocycles. The minimum absolute atomic E-state index is 0.199. The summed E-state index contributed by atoms with van der Waals surface area (Å²) in [6.45, 7) is 8.64. The smallest absolute Gasteiger partial charge is 0.179 e. The second-order valence-electron chi connectivity index (χ2n) is 8.30. The summed E-state index contributed by atoms with van der Waals surface area (Å²) in [5.74, 6) is -2.01. The zero-order valence-corrected chi connectivity index (χ0v) is 18.5. The summed E-state index contributed by atoms with van der Waals surface area (Å²) in [4.78, 5) is 26.1. The van der Waals surface area contributed by atoms with Crippen LogP contribution in [0.2, 0.25) is 10.0 Å². The van der Waals surface area contributed by atoms with Gasteiger partial charge < -0.3 is 4.74 Å². The molecule has 1 heterocycles. The lowest BCUT2D eigenvalue weighted by Gasteiger charge is -2.43. The van der Waals surface area contributed by atoms with E-state index in [0.29, 0.717) is 17.5 Å². The summed E-state index contributed by atoms with van der Waals surface area (Å²) in [6.07, 6.45) is 0.564. The minimum atomic E-state index is -1.09. The summed E-state index contributed by atoms with van der Waals surface area (Å²) < 4.78 is 20.3. The van der Waals surface area contributed by atoms with E-state index in [9.17, 15) is 14.0 Å². The van der Waals surface area contributed by atoms with Crippen molar-refractivity contribution in [3.8, 4) is 11.1 Å². The van der Waals surface area contributed by atoms with Crippen LogP contribution in [0.5, 0.6) is 0 Å². The molecule has 0 aliphatic carbocycles. The number of rotatable bonds is 3. The van der Waals surface area contributed by atoms with E-state index in [0.717, 1.165) is 5.56 Å². The van der Waals surface area contributed by atoms with Crippen molar-refractivity contribution in [3.63, 3.8) is 0 Å². The molecule has 0 radical (unpaired) electrons. The van der Waals surface area contributed by atoms with Crippen LogP contribution < -0.4 is 0 Å². The van der Waals surface area contributed by atoms with Crippen LogP contribution in [0, 0.1) is 5.82 Å². The molecule has 1 saturated heterocycles. The summed E-state index contributed by atoms with van der Waals surface area (Å²) in [5, 5.41) is 0.414. The fraction of sp³-hybridized carbons (Fsp3) is 0.391. The highest BCUT2D eigenvalue weighted by atomic mass is 35.5. The maximum atomic E-state index is 14.5. The van der Waals surface area contributed by atoms with Gasteiger partial charge in [-0.05, 0) is 62.9 Å². The summed E-state index contributed by atoms with van der Waals surface area (Å²) in [7, 11) is 0. The molecular weight excluding hydrogens is 414 g/mol. The van der Waals surface area contributed by atoms with Gasteiger partial charge in [0.25, 0.3) is 0 Å². The van der Waals surface area contributed by atoms with Gasteiger partial charge in [0, 0.05) is 10.6 Å². The van der Waals surface area contributed by atoms with E-state index in [1.54, 1.807) is 45.9 Å². The molecule has 0 saturated carbocycles. The fourth-order valence-electron chi connectivity index (χ4n) is 4.00. The molecule has 0 aromatic heterocycles. The Balaban J connectivity index is 2.15. The first-order valence-electron chi connectivity index (χ1n) is 9.45.